The summed E-state index contributed by atoms with van der Waals surface area (Å²) in [5, 5.41) is 6.33. The van der Waals surface area contributed by atoms with Gasteiger partial charge in [0.25, 0.3) is 0 Å². The zero-order valence-electron chi connectivity index (χ0n) is 15.0. The van der Waals surface area contributed by atoms with Crippen LogP contribution in [-0.2, 0) is 11.3 Å². The number of nitrogens with one attached hydrogen (secondary N) is 2. The predicted octanol–water partition coefficient (Wildman–Crippen LogP) is 2.02. The van der Waals surface area contributed by atoms with Crippen molar-refractivity contribution in [2.45, 2.75) is 33.2 Å². The fourth-order valence-electron chi connectivity index (χ4n) is 2.95. The summed E-state index contributed by atoms with van der Waals surface area (Å²) in [5.74, 6) is 1.22. The number of hydrogen-bond acceptors (Lipinski definition) is 4. The van der Waals surface area contributed by atoms with Crippen LogP contribution in [0.15, 0.2) is 24.3 Å². The third-order valence-corrected chi connectivity index (χ3v) is 4.67. The van der Waals surface area contributed by atoms with Gasteiger partial charge in [-0.25, -0.2) is 0 Å². The van der Waals surface area contributed by atoms with Crippen molar-refractivity contribution in [1.82, 2.24) is 15.5 Å². The Morgan fingerprint density at radius 3 is 2.50 bits per heavy atom. The van der Waals surface area contributed by atoms with E-state index in [4.69, 9.17) is 4.74 Å². The SMILES string of the molecule is CCN(CC)CCOc1ccc(CNC(=O)C2CCNCC2)cc1. The lowest BCUT2D eigenvalue weighted by atomic mass is 9.97. The van der Waals surface area contributed by atoms with Crippen molar-refractivity contribution in [2.75, 3.05) is 39.3 Å². The van der Waals surface area contributed by atoms with Gasteiger partial charge in [-0.05, 0) is 56.7 Å². The van der Waals surface area contributed by atoms with E-state index in [0.717, 1.165) is 56.9 Å². The Morgan fingerprint density at radius 1 is 1.21 bits per heavy atom. The van der Waals surface area contributed by atoms with Crippen molar-refractivity contribution >= 4 is 5.91 Å². The number of carbonyl (C=O) groups excluding carboxylic acids is 1. The maximum Gasteiger partial charge on any atom is 0.223 e. The van der Waals surface area contributed by atoms with Crippen molar-refractivity contribution in [3.8, 4) is 5.75 Å². The van der Waals surface area contributed by atoms with Crippen LogP contribution < -0.4 is 15.4 Å². The van der Waals surface area contributed by atoms with Gasteiger partial charge in [0, 0.05) is 19.0 Å². The van der Waals surface area contributed by atoms with Gasteiger partial charge in [-0.1, -0.05) is 26.0 Å². The topological polar surface area (TPSA) is 53.6 Å². The molecule has 24 heavy (non-hydrogen) atoms. The molecule has 0 saturated carbocycles. The Hall–Kier alpha value is -1.59. The second-order valence-electron chi connectivity index (χ2n) is 6.26. The zero-order valence-corrected chi connectivity index (χ0v) is 15.0. The molecule has 0 bridgehead atoms. The average Bonchev–Trinajstić information content (AvgIpc) is 2.65. The quantitative estimate of drug-likeness (QED) is 0.726. The number of benzene rings is 1. The molecule has 5 heteroatoms. The fraction of sp³-hybridized carbons (Fsp3) is 0.632. The standard InChI is InChI=1S/C19H31N3O2/c1-3-22(4-2)13-14-24-18-7-5-16(6-8-18)15-21-19(23)17-9-11-20-12-10-17/h5-8,17,20H,3-4,9-15H2,1-2H3,(H,21,23). The molecule has 0 unspecified atom stereocenters. The van der Waals surface area contributed by atoms with Crippen LogP contribution in [0.4, 0.5) is 0 Å². The highest BCUT2D eigenvalue weighted by Gasteiger charge is 2.20. The summed E-state index contributed by atoms with van der Waals surface area (Å²) in [6.45, 7) is 10.5. The van der Waals surface area contributed by atoms with Gasteiger partial charge in [0.05, 0.1) is 0 Å². The van der Waals surface area contributed by atoms with Crippen molar-refractivity contribution in [1.29, 1.82) is 0 Å². The molecule has 2 rings (SSSR count). The Morgan fingerprint density at radius 2 is 1.88 bits per heavy atom. The van der Waals surface area contributed by atoms with Gasteiger partial charge in [-0.3, -0.25) is 4.79 Å². The van der Waals surface area contributed by atoms with E-state index in [2.05, 4.69) is 29.4 Å². The van der Waals surface area contributed by atoms with Crippen LogP contribution in [0.1, 0.15) is 32.3 Å². The predicted molar refractivity (Wildman–Crippen MR) is 97.2 cm³/mol. The van der Waals surface area contributed by atoms with Crippen molar-refractivity contribution < 1.29 is 9.53 Å². The minimum atomic E-state index is 0.161. The lowest BCUT2D eigenvalue weighted by Crippen LogP contribution is -2.37. The second kappa shape index (κ2) is 10.3. The van der Waals surface area contributed by atoms with Crippen LogP contribution >= 0.6 is 0 Å². The largest absolute Gasteiger partial charge is 0.492 e. The molecule has 0 aliphatic carbocycles. The first-order chi connectivity index (χ1) is 11.7. The molecule has 0 aromatic heterocycles. The van der Waals surface area contributed by atoms with Gasteiger partial charge in [0.15, 0.2) is 0 Å². The summed E-state index contributed by atoms with van der Waals surface area (Å²) in [5.41, 5.74) is 1.10. The summed E-state index contributed by atoms with van der Waals surface area (Å²) < 4.78 is 5.78. The second-order valence-corrected chi connectivity index (χ2v) is 6.26. The number of rotatable bonds is 9. The van der Waals surface area contributed by atoms with Gasteiger partial charge in [0.1, 0.15) is 12.4 Å². The molecule has 1 aromatic rings. The van der Waals surface area contributed by atoms with Crippen LogP contribution in [-0.4, -0.2) is 50.1 Å². The number of piperidine rings is 1. The number of amides is 1. The Bertz CT molecular complexity index is 480. The molecule has 5 nitrogen and oxygen atoms in total. The molecule has 1 amide bonds. The van der Waals surface area contributed by atoms with E-state index in [1.54, 1.807) is 0 Å². The molecule has 0 radical (unpaired) electrons. The van der Waals surface area contributed by atoms with Crippen LogP contribution in [0, 0.1) is 5.92 Å². The van der Waals surface area contributed by atoms with Gasteiger partial charge in [0.2, 0.25) is 5.91 Å². The van der Waals surface area contributed by atoms with Gasteiger partial charge >= 0.3 is 0 Å². The molecule has 1 heterocycles. The van der Waals surface area contributed by atoms with Crippen molar-refractivity contribution in [2.24, 2.45) is 5.92 Å². The lowest BCUT2D eigenvalue weighted by molar-refractivity contribution is -0.125. The minimum Gasteiger partial charge on any atom is -0.492 e. The molecular weight excluding hydrogens is 302 g/mol. The van der Waals surface area contributed by atoms with Crippen LogP contribution in [0.3, 0.4) is 0 Å². The summed E-state index contributed by atoms with van der Waals surface area (Å²) >= 11 is 0. The molecule has 2 N–H and O–H groups in total. The number of carbonyl (C=O) groups is 1. The van der Waals surface area contributed by atoms with Crippen LogP contribution in [0.25, 0.3) is 0 Å². The maximum atomic E-state index is 12.1. The summed E-state index contributed by atoms with van der Waals surface area (Å²) in [6.07, 6.45) is 1.87. The molecular formula is C19H31N3O2. The number of likely N-dealkylation sites (N-methyl/N-ethyl adjacent to an activating group) is 1. The highest BCUT2D eigenvalue weighted by Crippen LogP contribution is 2.14. The maximum absolute atomic E-state index is 12.1. The third kappa shape index (κ3) is 6.13. The fourth-order valence-corrected chi connectivity index (χ4v) is 2.95. The van der Waals surface area contributed by atoms with Crippen molar-refractivity contribution in [3.05, 3.63) is 29.8 Å². The van der Waals surface area contributed by atoms with Crippen LogP contribution in [0.2, 0.25) is 0 Å². The minimum absolute atomic E-state index is 0.161. The molecule has 0 atom stereocenters. The number of nitrogens with zero attached hydrogens (tertiary/aromatic N) is 1. The van der Waals surface area contributed by atoms with E-state index in [1.807, 2.05) is 24.3 Å². The lowest BCUT2D eigenvalue weighted by Gasteiger charge is -2.21. The Labute approximate surface area is 145 Å². The molecule has 134 valence electrons. The highest BCUT2D eigenvalue weighted by atomic mass is 16.5. The van der Waals surface area contributed by atoms with E-state index in [0.29, 0.717) is 13.2 Å². The van der Waals surface area contributed by atoms with E-state index in [-0.39, 0.29) is 11.8 Å². The molecule has 1 saturated heterocycles. The summed E-state index contributed by atoms with van der Waals surface area (Å²) in [4.78, 5) is 14.5. The first-order valence-corrected chi connectivity index (χ1v) is 9.15. The first-order valence-electron chi connectivity index (χ1n) is 9.15. The third-order valence-electron chi connectivity index (χ3n) is 4.67. The van der Waals surface area contributed by atoms with Crippen molar-refractivity contribution in [3.63, 3.8) is 0 Å². The summed E-state index contributed by atoms with van der Waals surface area (Å²) in [7, 11) is 0. The highest BCUT2D eigenvalue weighted by molar-refractivity contribution is 5.78. The Balaban J connectivity index is 1.70. The molecule has 1 aromatic carbocycles. The first kappa shape index (κ1) is 18.7. The molecule has 1 aliphatic heterocycles. The molecule has 1 fully saturated rings. The molecule has 0 spiro atoms. The monoisotopic (exact) mass is 333 g/mol. The average molecular weight is 333 g/mol. The summed E-state index contributed by atoms with van der Waals surface area (Å²) in [6, 6.07) is 8.01. The van der Waals surface area contributed by atoms with Crippen LogP contribution in [0.5, 0.6) is 5.75 Å². The van der Waals surface area contributed by atoms with E-state index < -0.39 is 0 Å². The number of hydrogen-bond donors (Lipinski definition) is 2. The van der Waals surface area contributed by atoms with Gasteiger partial charge in [-0.15, -0.1) is 0 Å². The van der Waals surface area contributed by atoms with E-state index in [1.165, 1.54) is 0 Å². The normalized spacial score (nSPS) is 15.5. The Kier molecular flexibility index (Phi) is 8.05. The van der Waals surface area contributed by atoms with Gasteiger partial charge < -0.3 is 20.3 Å². The smallest absolute Gasteiger partial charge is 0.223 e. The zero-order chi connectivity index (χ0) is 17.2. The molecule has 1 aliphatic rings. The number of ether oxygens (including phenoxy) is 1. The van der Waals surface area contributed by atoms with Gasteiger partial charge in [-0.2, -0.15) is 0 Å². The van der Waals surface area contributed by atoms with E-state index in [9.17, 15) is 4.79 Å². The van der Waals surface area contributed by atoms with E-state index >= 15 is 0 Å².